The van der Waals surface area contributed by atoms with Crippen molar-refractivity contribution in [3.8, 4) is 0 Å². The molecule has 0 radical (unpaired) electrons. The van der Waals surface area contributed by atoms with Gasteiger partial charge >= 0.3 is 0 Å². The summed E-state index contributed by atoms with van der Waals surface area (Å²) >= 11 is 0. The smallest absolute Gasteiger partial charge is 0.227 e. The first-order valence-corrected chi connectivity index (χ1v) is 10.2. The van der Waals surface area contributed by atoms with E-state index in [1.165, 1.54) is 0 Å². The van der Waals surface area contributed by atoms with Crippen LogP contribution < -0.4 is 16.0 Å². The number of ether oxygens (including phenoxy) is 1. The van der Waals surface area contributed by atoms with Gasteiger partial charge in [0.05, 0.1) is 6.54 Å². The molecule has 0 bridgehead atoms. The molecule has 158 valence electrons. The number of nitrogens with one attached hydrogen (secondary N) is 3. The van der Waals surface area contributed by atoms with Crippen LogP contribution >= 0.6 is 24.0 Å². The van der Waals surface area contributed by atoms with Crippen LogP contribution in [0.1, 0.15) is 51.5 Å². The van der Waals surface area contributed by atoms with Crippen LogP contribution in [0.5, 0.6) is 0 Å². The quantitative estimate of drug-likeness (QED) is 0.196. The van der Waals surface area contributed by atoms with Gasteiger partial charge in [0.1, 0.15) is 0 Å². The third-order valence-corrected chi connectivity index (χ3v) is 4.65. The molecule has 0 aliphatic heterocycles. The van der Waals surface area contributed by atoms with E-state index in [0.29, 0.717) is 6.54 Å². The lowest BCUT2D eigenvalue weighted by molar-refractivity contribution is -0.119. The number of amides is 1. The molecule has 1 aromatic carbocycles. The molecule has 1 amide bonds. The van der Waals surface area contributed by atoms with Crippen LogP contribution in [0.3, 0.4) is 0 Å². The number of aliphatic imine (C=N–C) groups is 1. The predicted molar refractivity (Wildman–Crippen MR) is 126 cm³/mol. The van der Waals surface area contributed by atoms with Crippen molar-refractivity contribution in [2.24, 2.45) is 10.9 Å². The van der Waals surface area contributed by atoms with Gasteiger partial charge in [-0.15, -0.1) is 24.0 Å². The molecule has 28 heavy (non-hydrogen) atoms. The summed E-state index contributed by atoms with van der Waals surface area (Å²) in [5.41, 5.74) is 1.93. The minimum absolute atomic E-state index is 0. The third kappa shape index (κ3) is 9.23. The van der Waals surface area contributed by atoms with Gasteiger partial charge in [0.2, 0.25) is 5.91 Å². The Balaban J connectivity index is 0.00000392. The molecule has 7 heteroatoms. The average Bonchev–Trinajstić information content (AvgIpc) is 3.21. The van der Waals surface area contributed by atoms with Crippen molar-refractivity contribution < 1.29 is 9.53 Å². The average molecular weight is 502 g/mol. The maximum atomic E-state index is 12.3. The van der Waals surface area contributed by atoms with E-state index in [2.05, 4.69) is 27.9 Å². The van der Waals surface area contributed by atoms with Crippen molar-refractivity contribution >= 4 is 41.5 Å². The number of anilines is 1. The third-order valence-electron chi connectivity index (χ3n) is 4.65. The minimum atomic E-state index is 0. The van der Waals surface area contributed by atoms with Gasteiger partial charge in [-0.05, 0) is 50.8 Å². The number of halogens is 1. The zero-order chi connectivity index (χ0) is 19.3. The molecule has 0 heterocycles. The maximum absolute atomic E-state index is 12.3. The highest BCUT2D eigenvalue weighted by atomic mass is 127. The van der Waals surface area contributed by atoms with E-state index in [-0.39, 0.29) is 35.8 Å². The Morgan fingerprint density at radius 2 is 2.00 bits per heavy atom. The molecule has 1 saturated carbocycles. The van der Waals surface area contributed by atoms with Gasteiger partial charge in [-0.25, -0.2) is 4.99 Å². The number of hydrogen-bond acceptors (Lipinski definition) is 3. The van der Waals surface area contributed by atoms with E-state index in [1.807, 2.05) is 31.2 Å². The van der Waals surface area contributed by atoms with Gasteiger partial charge in [0, 0.05) is 37.9 Å². The molecule has 1 aliphatic carbocycles. The van der Waals surface area contributed by atoms with E-state index in [4.69, 9.17) is 4.74 Å². The molecule has 0 unspecified atom stereocenters. The SMILES string of the molecule is CCNC(=NCc1cccc(NC(=O)C2CCCC2)c1)NCCCOCC.I. The lowest BCUT2D eigenvalue weighted by atomic mass is 10.1. The first kappa shape index (κ1) is 24.7. The molecule has 6 nitrogen and oxygen atoms in total. The molecular weight excluding hydrogens is 467 g/mol. The second-order valence-corrected chi connectivity index (χ2v) is 6.84. The fraction of sp³-hybridized carbons (Fsp3) is 0.619. The molecule has 0 saturated heterocycles. The Morgan fingerprint density at radius 1 is 1.21 bits per heavy atom. The molecule has 0 spiro atoms. The fourth-order valence-electron chi connectivity index (χ4n) is 3.22. The normalized spacial score (nSPS) is 14.4. The van der Waals surface area contributed by atoms with Crippen LogP contribution in [0.25, 0.3) is 0 Å². The number of benzene rings is 1. The van der Waals surface area contributed by atoms with Crippen LogP contribution in [-0.2, 0) is 16.1 Å². The summed E-state index contributed by atoms with van der Waals surface area (Å²) < 4.78 is 5.35. The van der Waals surface area contributed by atoms with Crippen LogP contribution in [0.4, 0.5) is 5.69 Å². The Labute approximate surface area is 186 Å². The van der Waals surface area contributed by atoms with Crippen molar-refractivity contribution in [3.05, 3.63) is 29.8 Å². The summed E-state index contributed by atoms with van der Waals surface area (Å²) in [5.74, 6) is 1.12. The summed E-state index contributed by atoms with van der Waals surface area (Å²) in [6, 6.07) is 7.96. The van der Waals surface area contributed by atoms with Gasteiger partial charge in [-0.1, -0.05) is 25.0 Å². The Hall–Kier alpha value is -1.35. The van der Waals surface area contributed by atoms with Gasteiger partial charge in [0.15, 0.2) is 5.96 Å². The van der Waals surface area contributed by atoms with Crippen molar-refractivity contribution in [1.82, 2.24) is 10.6 Å². The van der Waals surface area contributed by atoms with E-state index in [1.54, 1.807) is 0 Å². The molecule has 2 rings (SSSR count). The maximum Gasteiger partial charge on any atom is 0.227 e. The van der Waals surface area contributed by atoms with Gasteiger partial charge in [-0.3, -0.25) is 4.79 Å². The molecule has 1 aliphatic rings. The first-order chi connectivity index (χ1) is 13.2. The highest BCUT2D eigenvalue weighted by Gasteiger charge is 2.22. The van der Waals surface area contributed by atoms with E-state index >= 15 is 0 Å². The monoisotopic (exact) mass is 502 g/mol. The summed E-state index contributed by atoms with van der Waals surface area (Å²) in [7, 11) is 0. The molecule has 0 atom stereocenters. The Kier molecular flexibility index (Phi) is 12.9. The summed E-state index contributed by atoms with van der Waals surface area (Å²) in [6.45, 7) is 7.76. The standard InChI is InChI=1S/C21H34N4O2.HI/c1-3-22-21(23-13-8-14-27-4-2)24-16-17-9-7-12-19(15-17)25-20(26)18-10-5-6-11-18;/h7,9,12,15,18H,3-6,8,10-11,13-14,16H2,1-2H3,(H,25,26)(H2,22,23,24);1H. The number of hydrogen-bond donors (Lipinski definition) is 3. The van der Waals surface area contributed by atoms with Gasteiger partial charge < -0.3 is 20.7 Å². The zero-order valence-corrected chi connectivity index (χ0v) is 19.5. The number of nitrogens with zero attached hydrogens (tertiary/aromatic N) is 1. The number of guanidine groups is 1. The largest absolute Gasteiger partial charge is 0.382 e. The van der Waals surface area contributed by atoms with Crippen LogP contribution in [-0.4, -0.2) is 38.2 Å². The van der Waals surface area contributed by atoms with Gasteiger partial charge in [-0.2, -0.15) is 0 Å². The van der Waals surface area contributed by atoms with Crippen molar-refractivity contribution in [3.63, 3.8) is 0 Å². The molecular formula is C21H35IN4O2. The topological polar surface area (TPSA) is 74.8 Å². The lowest BCUT2D eigenvalue weighted by Gasteiger charge is -2.12. The number of carbonyl (C=O) groups is 1. The Morgan fingerprint density at radius 3 is 2.71 bits per heavy atom. The predicted octanol–water partition coefficient (Wildman–Crippen LogP) is 3.92. The lowest BCUT2D eigenvalue weighted by Crippen LogP contribution is -2.38. The van der Waals surface area contributed by atoms with E-state index in [0.717, 1.165) is 75.6 Å². The molecule has 1 fully saturated rings. The van der Waals surface area contributed by atoms with Crippen molar-refractivity contribution in [1.29, 1.82) is 0 Å². The van der Waals surface area contributed by atoms with Crippen LogP contribution in [0.2, 0.25) is 0 Å². The van der Waals surface area contributed by atoms with Crippen molar-refractivity contribution in [2.45, 2.75) is 52.5 Å². The minimum Gasteiger partial charge on any atom is -0.382 e. The second-order valence-electron chi connectivity index (χ2n) is 6.84. The van der Waals surface area contributed by atoms with Crippen LogP contribution in [0.15, 0.2) is 29.3 Å². The van der Waals surface area contributed by atoms with E-state index < -0.39 is 0 Å². The van der Waals surface area contributed by atoms with Crippen molar-refractivity contribution in [2.75, 3.05) is 31.6 Å². The molecule has 0 aromatic heterocycles. The Bertz CT molecular complexity index is 604. The molecule has 3 N–H and O–H groups in total. The van der Waals surface area contributed by atoms with Gasteiger partial charge in [0.25, 0.3) is 0 Å². The summed E-state index contributed by atoms with van der Waals surface area (Å²) in [4.78, 5) is 16.9. The second kappa shape index (κ2) is 14.6. The molecule has 1 aromatic rings. The van der Waals surface area contributed by atoms with Crippen LogP contribution in [0, 0.1) is 5.92 Å². The highest BCUT2D eigenvalue weighted by molar-refractivity contribution is 14.0. The number of carbonyl (C=O) groups excluding carboxylic acids is 1. The van der Waals surface area contributed by atoms with E-state index in [9.17, 15) is 4.79 Å². The fourth-order valence-corrected chi connectivity index (χ4v) is 3.22. The summed E-state index contributed by atoms with van der Waals surface area (Å²) in [6.07, 6.45) is 5.30. The first-order valence-electron chi connectivity index (χ1n) is 10.2. The zero-order valence-electron chi connectivity index (χ0n) is 17.1. The number of rotatable bonds is 10. The highest BCUT2D eigenvalue weighted by Crippen LogP contribution is 2.26. The summed E-state index contributed by atoms with van der Waals surface area (Å²) in [5, 5.41) is 9.64.